The summed E-state index contributed by atoms with van der Waals surface area (Å²) in [6.45, 7) is 7.39. The number of aromatic hydroxyl groups is 1. The van der Waals surface area contributed by atoms with Crippen molar-refractivity contribution >= 4 is 0 Å². The number of ether oxygens (including phenoxy) is 2. The van der Waals surface area contributed by atoms with Crippen molar-refractivity contribution in [2.24, 2.45) is 0 Å². The van der Waals surface area contributed by atoms with Crippen LogP contribution in [0.3, 0.4) is 0 Å². The molecule has 0 bridgehead atoms. The van der Waals surface area contributed by atoms with Crippen LogP contribution in [-0.4, -0.2) is 17.8 Å². The highest BCUT2D eigenvalue weighted by molar-refractivity contribution is 5.41. The van der Waals surface area contributed by atoms with E-state index < -0.39 is 0 Å². The summed E-state index contributed by atoms with van der Waals surface area (Å²) in [5.41, 5.74) is 1.04. The first-order valence-electron chi connectivity index (χ1n) is 7.27. The lowest BCUT2D eigenvalue weighted by molar-refractivity contribution is 0.0284. The zero-order chi connectivity index (χ0) is 14.1. The van der Waals surface area contributed by atoms with E-state index in [9.17, 15) is 5.11 Å². The maximum Gasteiger partial charge on any atom is 0.161 e. The van der Waals surface area contributed by atoms with Crippen LogP contribution in [0.15, 0.2) is 18.2 Å². The molecule has 0 unspecified atom stereocenters. The molecule has 0 radical (unpaired) electrons. The van der Waals surface area contributed by atoms with Gasteiger partial charge in [0, 0.05) is 0 Å². The molecule has 1 rings (SSSR count). The standard InChI is InChI=1S/C16H26O3/c1-4-7-14(8-5-2)19-12-13-9-10-15(17)16(11-13)18-6-3/h9-11,14,17H,4-8,12H2,1-3H3. The fraction of sp³-hybridized carbons (Fsp3) is 0.625. The summed E-state index contributed by atoms with van der Waals surface area (Å²) in [4.78, 5) is 0. The van der Waals surface area contributed by atoms with Crippen LogP contribution in [0.2, 0.25) is 0 Å². The first-order valence-corrected chi connectivity index (χ1v) is 7.27. The fourth-order valence-corrected chi connectivity index (χ4v) is 2.09. The number of phenolic OH excluding ortho intramolecular Hbond substituents is 1. The Morgan fingerprint density at radius 1 is 1.11 bits per heavy atom. The first-order chi connectivity index (χ1) is 9.21. The van der Waals surface area contributed by atoms with Gasteiger partial charge in [0.2, 0.25) is 0 Å². The maximum absolute atomic E-state index is 9.65. The lowest BCUT2D eigenvalue weighted by Gasteiger charge is -2.17. The number of rotatable bonds is 9. The molecule has 19 heavy (non-hydrogen) atoms. The number of phenols is 1. The van der Waals surface area contributed by atoms with E-state index in [1.54, 1.807) is 6.07 Å². The molecule has 0 saturated carbocycles. The smallest absolute Gasteiger partial charge is 0.161 e. The molecule has 1 N–H and O–H groups in total. The van der Waals surface area contributed by atoms with Crippen molar-refractivity contribution in [1.29, 1.82) is 0 Å². The Bertz CT molecular complexity index is 357. The predicted molar refractivity (Wildman–Crippen MR) is 77.7 cm³/mol. The molecule has 3 heteroatoms. The van der Waals surface area contributed by atoms with Crippen molar-refractivity contribution in [2.45, 2.75) is 59.2 Å². The lowest BCUT2D eigenvalue weighted by atomic mass is 10.1. The first kappa shape index (κ1) is 15.8. The van der Waals surface area contributed by atoms with Crippen LogP contribution in [0.25, 0.3) is 0 Å². The van der Waals surface area contributed by atoms with Crippen molar-refractivity contribution in [3.8, 4) is 11.5 Å². The van der Waals surface area contributed by atoms with E-state index in [2.05, 4.69) is 13.8 Å². The van der Waals surface area contributed by atoms with Crippen molar-refractivity contribution < 1.29 is 14.6 Å². The van der Waals surface area contributed by atoms with Crippen molar-refractivity contribution in [2.75, 3.05) is 6.61 Å². The Hall–Kier alpha value is -1.22. The molecule has 0 aliphatic rings. The maximum atomic E-state index is 9.65. The minimum absolute atomic E-state index is 0.185. The summed E-state index contributed by atoms with van der Waals surface area (Å²) < 4.78 is 11.3. The average molecular weight is 266 g/mol. The molecular formula is C16H26O3. The van der Waals surface area contributed by atoms with Crippen LogP contribution < -0.4 is 4.74 Å². The van der Waals surface area contributed by atoms with Gasteiger partial charge in [-0.1, -0.05) is 32.8 Å². The molecule has 0 fully saturated rings. The van der Waals surface area contributed by atoms with Gasteiger partial charge in [-0.3, -0.25) is 0 Å². The van der Waals surface area contributed by atoms with Gasteiger partial charge < -0.3 is 14.6 Å². The molecule has 0 amide bonds. The molecule has 0 spiro atoms. The van der Waals surface area contributed by atoms with Crippen LogP contribution >= 0.6 is 0 Å². The highest BCUT2D eigenvalue weighted by Crippen LogP contribution is 2.27. The van der Waals surface area contributed by atoms with Crippen LogP contribution in [0.4, 0.5) is 0 Å². The van der Waals surface area contributed by atoms with Crippen molar-refractivity contribution in [1.82, 2.24) is 0 Å². The van der Waals surface area contributed by atoms with Gasteiger partial charge in [0.05, 0.1) is 19.3 Å². The molecule has 3 nitrogen and oxygen atoms in total. The second kappa shape index (κ2) is 8.81. The van der Waals surface area contributed by atoms with Gasteiger partial charge >= 0.3 is 0 Å². The number of benzene rings is 1. The Labute approximate surface area is 116 Å². The summed E-state index contributed by atoms with van der Waals surface area (Å²) in [6, 6.07) is 5.40. The van der Waals surface area contributed by atoms with Crippen LogP contribution in [0, 0.1) is 0 Å². The fourth-order valence-electron chi connectivity index (χ4n) is 2.09. The topological polar surface area (TPSA) is 38.7 Å². The highest BCUT2D eigenvalue weighted by Gasteiger charge is 2.09. The summed E-state index contributed by atoms with van der Waals surface area (Å²) in [5.74, 6) is 0.718. The van der Waals surface area contributed by atoms with E-state index >= 15 is 0 Å². The third-order valence-electron chi connectivity index (χ3n) is 3.03. The Kier molecular flexibility index (Phi) is 7.34. The molecule has 0 atom stereocenters. The Morgan fingerprint density at radius 3 is 2.37 bits per heavy atom. The average Bonchev–Trinajstić information content (AvgIpc) is 2.40. The summed E-state index contributed by atoms with van der Waals surface area (Å²) in [5, 5.41) is 9.65. The van der Waals surface area contributed by atoms with Gasteiger partial charge in [-0.15, -0.1) is 0 Å². The summed E-state index contributed by atoms with van der Waals surface area (Å²) >= 11 is 0. The Morgan fingerprint density at radius 2 is 1.79 bits per heavy atom. The normalized spacial score (nSPS) is 10.9. The van der Waals surface area contributed by atoms with Crippen molar-refractivity contribution in [3.05, 3.63) is 23.8 Å². The molecule has 0 saturated heterocycles. The monoisotopic (exact) mass is 266 g/mol. The van der Waals surface area contributed by atoms with Crippen LogP contribution in [0.5, 0.6) is 11.5 Å². The quantitative estimate of drug-likeness (QED) is 0.725. The van der Waals surface area contributed by atoms with E-state index in [0.717, 1.165) is 31.2 Å². The number of hydrogen-bond acceptors (Lipinski definition) is 3. The van der Waals surface area contributed by atoms with Gasteiger partial charge in [-0.25, -0.2) is 0 Å². The third-order valence-corrected chi connectivity index (χ3v) is 3.03. The molecule has 108 valence electrons. The number of hydrogen-bond donors (Lipinski definition) is 1. The molecule has 0 aliphatic heterocycles. The zero-order valence-corrected chi connectivity index (χ0v) is 12.3. The molecule has 0 heterocycles. The van der Waals surface area contributed by atoms with E-state index in [-0.39, 0.29) is 5.75 Å². The molecule has 0 aromatic heterocycles. The molecule has 1 aromatic rings. The van der Waals surface area contributed by atoms with Gasteiger partial charge in [0.15, 0.2) is 11.5 Å². The van der Waals surface area contributed by atoms with E-state index in [1.165, 1.54) is 0 Å². The zero-order valence-electron chi connectivity index (χ0n) is 12.3. The van der Waals surface area contributed by atoms with Gasteiger partial charge in [0.1, 0.15) is 0 Å². The minimum Gasteiger partial charge on any atom is -0.504 e. The second-order valence-electron chi connectivity index (χ2n) is 4.75. The molecule has 1 aromatic carbocycles. The van der Waals surface area contributed by atoms with Crippen LogP contribution in [0.1, 0.15) is 52.0 Å². The minimum atomic E-state index is 0.185. The lowest BCUT2D eigenvalue weighted by Crippen LogP contribution is -2.12. The van der Waals surface area contributed by atoms with E-state index in [4.69, 9.17) is 9.47 Å². The van der Waals surface area contributed by atoms with Crippen LogP contribution in [-0.2, 0) is 11.3 Å². The second-order valence-corrected chi connectivity index (χ2v) is 4.75. The predicted octanol–water partition coefficient (Wildman–Crippen LogP) is 4.28. The van der Waals surface area contributed by atoms with Gasteiger partial charge in [0.25, 0.3) is 0 Å². The van der Waals surface area contributed by atoms with Crippen molar-refractivity contribution in [3.63, 3.8) is 0 Å². The highest BCUT2D eigenvalue weighted by atomic mass is 16.5. The van der Waals surface area contributed by atoms with E-state index in [1.807, 2.05) is 19.1 Å². The Balaban J connectivity index is 2.58. The SMILES string of the molecule is CCCC(CCC)OCc1ccc(O)c(OCC)c1. The third kappa shape index (κ3) is 5.52. The summed E-state index contributed by atoms with van der Waals surface area (Å²) in [6.07, 6.45) is 4.82. The van der Waals surface area contributed by atoms with Gasteiger partial charge in [-0.05, 0) is 37.5 Å². The summed E-state index contributed by atoms with van der Waals surface area (Å²) in [7, 11) is 0. The molecule has 0 aliphatic carbocycles. The van der Waals surface area contributed by atoms with Gasteiger partial charge in [-0.2, -0.15) is 0 Å². The molecular weight excluding hydrogens is 240 g/mol. The largest absolute Gasteiger partial charge is 0.504 e. The van der Waals surface area contributed by atoms with E-state index in [0.29, 0.717) is 25.1 Å².